The number of carbonyl (C=O) groups excluding carboxylic acids is 2. The van der Waals surface area contributed by atoms with Gasteiger partial charge in [-0.1, -0.05) is 0 Å². The van der Waals surface area contributed by atoms with Crippen molar-refractivity contribution in [3.8, 4) is 5.69 Å². The van der Waals surface area contributed by atoms with Gasteiger partial charge in [-0.25, -0.2) is 0 Å². The summed E-state index contributed by atoms with van der Waals surface area (Å²) < 4.78 is 3.00. The number of hydrogen-bond acceptors (Lipinski definition) is 4. The van der Waals surface area contributed by atoms with Gasteiger partial charge in [0, 0.05) is 21.1 Å². The predicted molar refractivity (Wildman–Crippen MR) is 98.8 cm³/mol. The number of nitrogens with zero attached hydrogens (tertiary/aromatic N) is 2. The molecule has 1 aromatic heterocycles. The maximum absolute atomic E-state index is 12.2. The Morgan fingerprint density at radius 3 is 2.58 bits per heavy atom. The van der Waals surface area contributed by atoms with Gasteiger partial charge in [0.1, 0.15) is 6.54 Å². The van der Waals surface area contributed by atoms with Crippen LogP contribution in [0.3, 0.4) is 0 Å². The lowest BCUT2D eigenvalue weighted by atomic mass is 10.3. The summed E-state index contributed by atoms with van der Waals surface area (Å²) in [4.78, 5) is 35.7. The summed E-state index contributed by atoms with van der Waals surface area (Å²) in [5, 5.41) is 8.22. The van der Waals surface area contributed by atoms with Crippen molar-refractivity contribution < 1.29 is 19.5 Å². The van der Waals surface area contributed by atoms with Crippen LogP contribution in [0.15, 0.2) is 47.5 Å². The summed E-state index contributed by atoms with van der Waals surface area (Å²) in [5.74, 6) is -1.80. The van der Waals surface area contributed by atoms with Crippen LogP contribution in [0, 0.1) is 3.57 Å². The Bertz CT molecular complexity index is 857. The zero-order valence-corrected chi connectivity index (χ0v) is 15.2. The van der Waals surface area contributed by atoms with E-state index >= 15 is 0 Å². The molecule has 1 aromatic carbocycles. The van der Waals surface area contributed by atoms with Crippen LogP contribution in [0.25, 0.3) is 11.8 Å². The fourth-order valence-corrected chi connectivity index (χ4v) is 3.44. The molecule has 0 bridgehead atoms. The number of aliphatic carboxylic acids is 1. The van der Waals surface area contributed by atoms with E-state index in [1.165, 1.54) is 0 Å². The highest BCUT2D eigenvalue weighted by molar-refractivity contribution is 14.1. The SMILES string of the molecule is O=C(O)CN1C(=O)S/C(=C\c2cccn2-c2ccc(I)cc2)C1=O. The summed E-state index contributed by atoms with van der Waals surface area (Å²) in [6.07, 6.45) is 3.46. The van der Waals surface area contributed by atoms with E-state index in [1.54, 1.807) is 6.08 Å². The van der Waals surface area contributed by atoms with Crippen molar-refractivity contribution >= 4 is 57.5 Å². The molecule has 0 saturated carbocycles. The first-order valence-corrected chi connectivity index (χ1v) is 8.75. The fourth-order valence-electron chi connectivity index (χ4n) is 2.25. The zero-order valence-electron chi connectivity index (χ0n) is 12.2. The minimum Gasteiger partial charge on any atom is -0.480 e. The van der Waals surface area contributed by atoms with Crippen molar-refractivity contribution in [1.82, 2.24) is 9.47 Å². The van der Waals surface area contributed by atoms with E-state index in [1.807, 2.05) is 47.2 Å². The van der Waals surface area contributed by atoms with E-state index in [2.05, 4.69) is 22.6 Å². The molecule has 0 aliphatic carbocycles. The lowest BCUT2D eigenvalue weighted by molar-refractivity contribution is -0.140. The number of carbonyl (C=O) groups is 3. The second-order valence-corrected chi connectivity index (χ2v) is 7.18. The summed E-state index contributed by atoms with van der Waals surface area (Å²) in [6, 6.07) is 11.5. The van der Waals surface area contributed by atoms with E-state index < -0.39 is 23.7 Å². The van der Waals surface area contributed by atoms with Crippen molar-refractivity contribution in [2.45, 2.75) is 0 Å². The highest BCUT2D eigenvalue weighted by Crippen LogP contribution is 2.32. The van der Waals surface area contributed by atoms with Gasteiger partial charge >= 0.3 is 5.97 Å². The number of carboxylic acids is 1. The second kappa shape index (κ2) is 6.81. The van der Waals surface area contributed by atoms with Crippen LogP contribution in [-0.2, 0) is 9.59 Å². The Morgan fingerprint density at radius 2 is 1.92 bits per heavy atom. The van der Waals surface area contributed by atoms with Crippen LogP contribution in [0.1, 0.15) is 5.69 Å². The molecule has 1 saturated heterocycles. The largest absolute Gasteiger partial charge is 0.480 e. The molecule has 1 aliphatic rings. The summed E-state index contributed by atoms with van der Waals surface area (Å²) in [7, 11) is 0. The standard InChI is InChI=1S/C16H11IN2O4S/c17-10-3-5-11(6-4-10)18-7-1-2-12(18)8-13-15(22)19(9-14(20)21)16(23)24-13/h1-8H,9H2,(H,20,21)/b13-8-. The number of thioether (sulfide) groups is 1. The highest BCUT2D eigenvalue weighted by Gasteiger charge is 2.36. The number of carboxylic acid groups (broad SMARTS) is 1. The monoisotopic (exact) mass is 454 g/mol. The quantitative estimate of drug-likeness (QED) is 0.567. The summed E-state index contributed by atoms with van der Waals surface area (Å²) >= 11 is 2.97. The molecule has 1 aliphatic heterocycles. The molecule has 2 aromatic rings. The zero-order chi connectivity index (χ0) is 17.3. The van der Waals surface area contributed by atoms with Crippen LogP contribution < -0.4 is 0 Å². The lowest BCUT2D eigenvalue weighted by Crippen LogP contribution is -2.33. The van der Waals surface area contributed by atoms with Crippen molar-refractivity contribution in [3.05, 3.63) is 56.8 Å². The summed E-state index contributed by atoms with van der Waals surface area (Å²) in [6.45, 7) is -0.625. The first kappa shape index (κ1) is 16.8. The molecule has 0 spiro atoms. The Morgan fingerprint density at radius 1 is 1.21 bits per heavy atom. The van der Waals surface area contributed by atoms with Gasteiger partial charge in [0.15, 0.2) is 0 Å². The third-order valence-corrected chi connectivity index (χ3v) is 4.96. The highest BCUT2D eigenvalue weighted by atomic mass is 127. The average Bonchev–Trinajstić information content (AvgIpc) is 3.09. The van der Waals surface area contributed by atoms with Crippen LogP contribution in [-0.4, -0.2) is 38.2 Å². The van der Waals surface area contributed by atoms with E-state index in [9.17, 15) is 14.4 Å². The van der Waals surface area contributed by atoms with Gasteiger partial charge in [-0.3, -0.25) is 19.3 Å². The number of amides is 2. The summed E-state index contributed by atoms with van der Waals surface area (Å²) in [5.41, 5.74) is 1.66. The number of rotatable bonds is 4. The van der Waals surface area contributed by atoms with Crippen molar-refractivity contribution in [2.24, 2.45) is 0 Å². The molecule has 0 radical (unpaired) electrons. The van der Waals surface area contributed by atoms with Gasteiger partial charge in [-0.15, -0.1) is 0 Å². The second-order valence-electron chi connectivity index (χ2n) is 4.94. The van der Waals surface area contributed by atoms with Crippen molar-refractivity contribution in [2.75, 3.05) is 6.54 Å². The fraction of sp³-hybridized carbons (Fsp3) is 0.0625. The Kier molecular flexibility index (Phi) is 4.76. The van der Waals surface area contributed by atoms with Crippen molar-refractivity contribution in [3.63, 3.8) is 0 Å². The smallest absolute Gasteiger partial charge is 0.323 e. The minimum atomic E-state index is -1.22. The topological polar surface area (TPSA) is 79.6 Å². The maximum Gasteiger partial charge on any atom is 0.323 e. The normalized spacial score (nSPS) is 16.2. The first-order valence-electron chi connectivity index (χ1n) is 6.86. The Hall–Kier alpha value is -2.07. The molecule has 0 unspecified atom stereocenters. The maximum atomic E-state index is 12.2. The average molecular weight is 454 g/mol. The number of imide groups is 1. The van der Waals surface area contributed by atoms with Crippen LogP contribution >= 0.6 is 34.4 Å². The molecular formula is C16H11IN2O4S. The third-order valence-electron chi connectivity index (χ3n) is 3.33. The molecule has 3 rings (SSSR count). The van der Waals surface area contributed by atoms with E-state index in [4.69, 9.17) is 5.11 Å². The number of halogens is 1. The molecule has 2 amide bonds. The van der Waals surface area contributed by atoms with Crippen molar-refractivity contribution in [1.29, 1.82) is 0 Å². The minimum absolute atomic E-state index is 0.215. The molecule has 0 atom stereocenters. The predicted octanol–water partition coefficient (Wildman–Crippen LogP) is 3.20. The number of benzene rings is 1. The third kappa shape index (κ3) is 3.39. The first-order chi connectivity index (χ1) is 11.5. The number of aromatic nitrogens is 1. The molecule has 1 fully saturated rings. The van der Waals surface area contributed by atoms with Gasteiger partial charge < -0.3 is 9.67 Å². The van der Waals surface area contributed by atoms with Crippen LogP contribution in [0.4, 0.5) is 4.79 Å². The van der Waals surface area contributed by atoms with E-state index in [0.29, 0.717) is 0 Å². The van der Waals surface area contributed by atoms with E-state index in [0.717, 1.165) is 31.6 Å². The Labute approximate surface area is 155 Å². The van der Waals surface area contributed by atoms with Gasteiger partial charge in [0.05, 0.1) is 4.91 Å². The number of hydrogen-bond donors (Lipinski definition) is 1. The molecular weight excluding hydrogens is 443 g/mol. The van der Waals surface area contributed by atoms with E-state index in [-0.39, 0.29) is 4.91 Å². The molecule has 8 heteroatoms. The van der Waals surface area contributed by atoms with Gasteiger partial charge in [-0.2, -0.15) is 0 Å². The molecule has 6 nitrogen and oxygen atoms in total. The van der Waals surface area contributed by atoms with Crippen LogP contribution in [0.5, 0.6) is 0 Å². The lowest BCUT2D eigenvalue weighted by Gasteiger charge is -2.08. The van der Waals surface area contributed by atoms with Gasteiger partial charge in [0.2, 0.25) is 0 Å². The van der Waals surface area contributed by atoms with Gasteiger partial charge in [0.25, 0.3) is 11.1 Å². The Balaban J connectivity index is 1.92. The van der Waals surface area contributed by atoms with Crippen LogP contribution in [0.2, 0.25) is 0 Å². The molecule has 24 heavy (non-hydrogen) atoms. The molecule has 122 valence electrons. The molecule has 2 heterocycles. The van der Waals surface area contributed by atoms with Gasteiger partial charge in [-0.05, 0) is 76.8 Å². The molecule has 1 N–H and O–H groups in total.